The molecule has 3 aliphatic rings. The maximum absolute atomic E-state index is 5.34. The van der Waals surface area contributed by atoms with E-state index in [0.29, 0.717) is 5.82 Å². The monoisotopic (exact) mass is 831 g/mol. The van der Waals surface area contributed by atoms with Crippen LogP contribution < -0.4 is 4.90 Å². The summed E-state index contributed by atoms with van der Waals surface area (Å²) in [5.41, 5.74) is 19.7. The third-order valence-electron chi connectivity index (χ3n) is 13.5. The molecular formula is C60H41N5. The maximum Gasteiger partial charge on any atom is 0.220 e. The second kappa shape index (κ2) is 14.9. The molecule has 3 heterocycles. The molecule has 65 heavy (non-hydrogen) atoms. The van der Waals surface area contributed by atoms with E-state index in [4.69, 9.17) is 15.0 Å². The topological polar surface area (TPSA) is 46.8 Å². The average molecular weight is 832 g/mol. The van der Waals surface area contributed by atoms with E-state index in [9.17, 15) is 0 Å². The van der Waals surface area contributed by atoms with E-state index in [1.807, 2.05) is 6.07 Å². The first-order chi connectivity index (χ1) is 32.2. The molecular weight excluding hydrogens is 791 g/mol. The van der Waals surface area contributed by atoms with E-state index in [1.165, 1.54) is 33.4 Å². The van der Waals surface area contributed by atoms with Crippen LogP contribution in [0.15, 0.2) is 230 Å². The summed E-state index contributed by atoms with van der Waals surface area (Å²) >= 11 is 0. The van der Waals surface area contributed by atoms with Crippen molar-refractivity contribution in [3.05, 3.63) is 247 Å². The number of benzene rings is 8. The second-order valence-corrected chi connectivity index (χ2v) is 17.1. The quantitative estimate of drug-likeness (QED) is 0.167. The third-order valence-corrected chi connectivity index (χ3v) is 13.5. The van der Waals surface area contributed by atoms with Crippen molar-refractivity contribution in [2.45, 2.75) is 18.3 Å². The molecule has 0 radical (unpaired) electrons. The van der Waals surface area contributed by atoms with Gasteiger partial charge < -0.3 is 0 Å². The number of rotatable bonds is 6. The zero-order valence-electron chi connectivity index (χ0n) is 35.5. The van der Waals surface area contributed by atoms with Crippen LogP contribution in [0.1, 0.15) is 29.5 Å². The van der Waals surface area contributed by atoms with Gasteiger partial charge in [-0.25, -0.2) is 15.0 Å². The number of allylic oxidation sites excluding steroid dienone is 4. The van der Waals surface area contributed by atoms with Crippen LogP contribution in [0.25, 0.3) is 72.9 Å². The number of fused-ring (bicyclic) bond motifs is 10. The van der Waals surface area contributed by atoms with Gasteiger partial charge in [0.15, 0.2) is 5.82 Å². The van der Waals surface area contributed by atoms with Crippen LogP contribution in [-0.2, 0) is 5.41 Å². The van der Waals surface area contributed by atoms with E-state index in [1.54, 1.807) is 0 Å². The smallest absolute Gasteiger partial charge is 0.220 e. The van der Waals surface area contributed by atoms with Crippen LogP contribution in [0.5, 0.6) is 0 Å². The van der Waals surface area contributed by atoms with Gasteiger partial charge in [0, 0.05) is 33.5 Å². The Hall–Kier alpha value is -8.41. The summed E-state index contributed by atoms with van der Waals surface area (Å²) in [6.07, 6.45) is 8.88. The van der Waals surface area contributed by atoms with Gasteiger partial charge in [0.1, 0.15) is 0 Å². The first kappa shape index (κ1) is 37.2. The Morgan fingerprint density at radius 2 is 1.09 bits per heavy atom. The summed E-state index contributed by atoms with van der Waals surface area (Å²) in [6, 6.07) is 73.9. The lowest BCUT2D eigenvalue weighted by atomic mass is 9.65. The number of nitrogens with zero attached hydrogens (tertiary/aromatic N) is 5. The standard InChI is InChI=1S/C60H41N5/c1-4-18-41(19-5-1)58-61-53(39-54(62-58)42-34-37-47-46-24-10-13-27-50(46)60(51(47)38-42,43-20-6-2-7-21-43)44-22-8-3-9-23-44)40-32-35-45(36-33-40)64-55-29-15-11-25-48(55)49-26-12-16-30-56(49)65-57-31-17-14-28-52(57)63-59(64)65/h1-8,10-22,24-39H,9,23H2. The highest BCUT2D eigenvalue weighted by Crippen LogP contribution is 2.58. The Labute approximate surface area is 378 Å². The van der Waals surface area contributed by atoms with Gasteiger partial charge in [-0.05, 0) is 89.2 Å². The lowest BCUT2D eigenvalue weighted by Gasteiger charge is -2.36. The van der Waals surface area contributed by atoms with Gasteiger partial charge in [-0.1, -0.05) is 182 Å². The minimum atomic E-state index is -0.435. The van der Waals surface area contributed by atoms with E-state index in [-0.39, 0.29) is 0 Å². The molecule has 0 N–H and O–H groups in total. The highest BCUT2D eigenvalue weighted by molar-refractivity contribution is 5.97. The molecule has 0 saturated carbocycles. The molecule has 2 aromatic heterocycles. The average Bonchev–Trinajstić information content (AvgIpc) is 3.87. The van der Waals surface area contributed by atoms with E-state index < -0.39 is 5.41 Å². The van der Waals surface area contributed by atoms with Crippen molar-refractivity contribution >= 4 is 28.4 Å². The third kappa shape index (κ3) is 5.75. The Morgan fingerprint density at radius 1 is 0.462 bits per heavy atom. The molecule has 0 amide bonds. The molecule has 1 unspecified atom stereocenters. The fourth-order valence-electron chi connectivity index (χ4n) is 10.7. The molecule has 0 bridgehead atoms. The van der Waals surface area contributed by atoms with Gasteiger partial charge in [0.25, 0.3) is 0 Å². The van der Waals surface area contributed by atoms with Crippen LogP contribution in [0.3, 0.4) is 0 Å². The Balaban J connectivity index is 0.972. The van der Waals surface area contributed by atoms with Crippen molar-refractivity contribution < 1.29 is 0 Å². The molecule has 0 saturated heterocycles. The van der Waals surface area contributed by atoms with Crippen molar-refractivity contribution in [2.24, 2.45) is 0 Å². The van der Waals surface area contributed by atoms with Gasteiger partial charge in [-0.2, -0.15) is 0 Å². The lowest BCUT2D eigenvalue weighted by Crippen LogP contribution is -2.30. The predicted molar refractivity (Wildman–Crippen MR) is 265 cm³/mol. The summed E-state index contributed by atoms with van der Waals surface area (Å²) in [4.78, 5) is 18.2. The van der Waals surface area contributed by atoms with Gasteiger partial charge in [0.2, 0.25) is 5.95 Å². The summed E-state index contributed by atoms with van der Waals surface area (Å²) in [6.45, 7) is 0. The molecule has 13 rings (SSSR count). The predicted octanol–water partition coefficient (Wildman–Crippen LogP) is 14.9. The second-order valence-electron chi connectivity index (χ2n) is 17.1. The lowest BCUT2D eigenvalue weighted by molar-refractivity contribution is 0.693. The SMILES string of the molecule is C1=CCCC(C2(c3ccccc3)c3ccccc3-c3ccc(-c4cc(-c5ccc(N6c7ccccc7-c7ccccc7-n7c6nc6ccccc67)cc5)nc(-c5ccccc5)n4)cc32)=C1. The minimum Gasteiger partial charge on any atom is -0.280 e. The molecule has 1 atom stereocenters. The van der Waals surface area contributed by atoms with Crippen LogP contribution in [0, 0.1) is 0 Å². The zero-order valence-corrected chi connectivity index (χ0v) is 35.5. The first-order valence-electron chi connectivity index (χ1n) is 22.4. The van der Waals surface area contributed by atoms with E-state index in [2.05, 4.69) is 228 Å². The maximum atomic E-state index is 5.34. The summed E-state index contributed by atoms with van der Waals surface area (Å²) in [7, 11) is 0. The summed E-state index contributed by atoms with van der Waals surface area (Å²) in [5, 5.41) is 0. The summed E-state index contributed by atoms with van der Waals surface area (Å²) in [5.74, 6) is 1.53. The molecule has 1 aliphatic heterocycles. The van der Waals surface area contributed by atoms with Crippen molar-refractivity contribution in [3.63, 3.8) is 0 Å². The Bertz CT molecular complexity index is 3550. The molecule has 0 fully saturated rings. The van der Waals surface area contributed by atoms with E-state index in [0.717, 1.165) is 86.1 Å². The number of anilines is 3. The normalized spacial score (nSPS) is 15.6. The molecule has 5 nitrogen and oxygen atoms in total. The molecule has 2 aliphatic carbocycles. The Morgan fingerprint density at radius 3 is 1.88 bits per heavy atom. The van der Waals surface area contributed by atoms with Crippen LogP contribution in [0.4, 0.5) is 17.3 Å². The van der Waals surface area contributed by atoms with Crippen LogP contribution in [-0.4, -0.2) is 19.5 Å². The van der Waals surface area contributed by atoms with E-state index >= 15 is 0 Å². The highest BCUT2D eigenvalue weighted by Gasteiger charge is 2.47. The highest BCUT2D eigenvalue weighted by atomic mass is 15.3. The van der Waals surface area contributed by atoms with Crippen molar-refractivity contribution in [1.82, 2.24) is 19.5 Å². The van der Waals surface area contributed by atoms with Crippen LogP contribution in [0.2, 0.25) is 0 Å². The molecule has 10 aromatic rings. The van der Waals surface area contributed by atoms with Gasteiger partial charge in [-0.3, -0.25) is 9.47 Å². The fourth-order valence-corrected chi connectivity index (χ4v) is 10.7. The van der Waals surface area contributed by atoms with Crippen molar-refractivity contribution in [1.29, 1.82) is 0 Å². The van der Waals surface area contributed by atoms with Crippen LogP contribution >= 0.6 is 0 Å². The molecule has 8 aromatic carbocycles. The van der Waals surface area contributed by atoms with Crippen molar-refractivity contribution in [2.75, 3.05) is 4.90 Å². The number of hydrogen-bond donors (Lipinski definition) is 0. The molecule has 5 heteroatoms. The molecule has 0 spiro atoms. The van der Waals surface area contributed by atoms with Gasteiger partial charge in [0.05, 0.1) is 39.2 Å². The minimum absolute atomic E-state index is 0.435. The number of hydrogen-bond acceptors (Lipinski definition) is 4. The number of imidazole rings is 1. The fraction of sp³-hybridized carbons (Fsp3) is 0.0500. The molecule has 306 valence electrons. The van der Waals surface area contributed by atoms with Gasteiger partial charge >= 0.3 is 0 Å². The van der Waals surface area contributed by atoms with Gasteiger partial charge in [-0.15, -0.1) is 0 Å². The largest absolute Gasteiger partial charge is 0.280 e. The first-order valence-corrected chi connectivity index (χ1v) is 22.4. The summed E-state index contributed by atoms with van der Waals surface area (Å²) < 4.78 is 2.30. The zero-order chi connectivity index (χ0) is 42.9. The number of para-hydroxylation sites is 4. The van der Waals surface area contributed by atoms with Crippen molar-refractivity contribution in [3.8, 4) is 61.8 Å². The Kier molecular flexibility index (Phi) is 8.50. The number of aromatic nitrogens is 4.